The zero-order chi connectivity index (χ0) is 13.2. The molecule has 0 amide bonds. The minimum atomic E-state index is 0.198. The van der Waals surface area contributed by atoms with Gasteiger partial charge in [0, 0.05) is 31.8 Å². The maximum Gasteiger partial charge on any atom is 0.0598 e. The fourth-order valence-corrected chi connectivity index (χ4v) is 3.78. The van der Waals surface area contributed by atoms with Crippen LogP contribution < -0.4 is 5.73 Å². The minimum absolute atomic E-state index is 0.198. The molecule has 1 saturated heterocycles. The first-order chi connectivity index (χ1) is 8.59. The summed E-state index contributed by atoms with van der Waals surface area (Å²) in [6, 6.07) is 0.595. The summed E-state index contributed by atoms with van der Waals surface area (Å²) < 4.78 is 5.51. The number of piperidine rings is 1. The second kappa shape index (κ2) is 5.89. The van der Waals surface area contributed by atoms with Gasteiger partial charge in [0.2, 0.25) is 0 Å². The number of hydrogen-bond donors (Lipinski definition) is 1. The van der Waals surface area contributed by atoms with E-state index in [1.165, 1.54) is 25.7 Å². The molecule has 2 fully saturated rings. The summed E-state index contributed by atoms with van der Waals surface area (Å²) in [6.45, 7) is 6.63. The second-order valence-corrected chi connectivity index (χ2v) is 6.63. The topological polar surface area (TPSA) is 38.5 Å². The Bertz CT molecular complexity index is 267. The molecule has 1 aliphatic heterocycles. The molecule has 3 atom stereocenters. The van der Waals surface area contributed by atoms with Gasteiger partial charge in [0.25, 0.3) is 0 Å². The van der Waals surface area contributed by atoms with E-state index in [0.717, 1.165) is 31.8 Å². The molecule has 106 valence electrons. The number of likely N-dealkylation sites (tertiary alicyclic amines) is 1. The lowest BCUT2D eigenvalue weighted by Crippen LogP contribution is -2.59. The molecule has 0 bridgehead atoms. The van der Waals surface area contributed by atoms with E-state index in [1.54, 1.807) is 0 Å². The van der Waals surface area contributed by atoms with Crippen molar-refractivity contribution in [3.05, 3.63) is 0 Å². The van der Waals surface area contributed by atoms with Crippen molar-refractivity contribution in [2.45, 2.75) is 70.1 Å². The van der Waals surface area contributed by atoms with E-state index in [9.17, 15) is 0 Å². The normalized spacial score (nSPS) is 34.0. The van der Waals surface area contributed by atoms with Gasteiger partial charge >= 0.3 is 0 Å². The summed E-state index contributed by atoms with van der Waals surface area (Å²) >= 11 is 0. The monoisotopic (exact) mass is 254 g/mol. The first-order valence-electron chi connectivity index (χ1n) is 7.58. The molecule has 1 aliphatic carbocycles. The van der Waals surface area contributed by atoms with E-state index in [-0.39, 0.29) is 5.54 Å². The van der Waals surface area contributed by atoms with Crippen LogP contribution in [0.5, 0.6) is 0 Å². The Balaban J connectivity index is 1.97. The molecule has 0 aromatic heterocycles. The maximum atomic E-state index is 6.12. The quantitative estimate of drug-likeness (QED) is 0.819. The summed E-state index contributed by atoms with van der Waals surface area (Å²) in [4.78, 5) is 2.65. The van der Waals surface area contributed by atoms with Crippen LogP contribution in [0.3, 0.4) is 0 Å². The third-order valence-corrected chi connectivity index (χ3v) is 5.25. The van der Waals surface area contributed by atoms with Crippen LogP contribution in [0.4, 0.5) is 0 Å². The second-order valence-electron chi connectivity index (χ2n) is 6.63. The summed E-state index contributed by atoms with van der Waals surface area (Å²) in [7, 11) is 1.84. The van der Waals surface area contributed by atoms with Crippen LogP contribution >= 0.6 is 0 Å². The molecule has 1 heterocycles. The zero-order valence-electron chi connectivity index (χ0n) is 12.3. The Labute approximate surface area is 112 Å². The SMILES string of the molecule is COC1CCN(C(C)(CN)CC2CCC2)C(C)C1. The van der Waals surface area contributed by atoms with Gasteiger partial charge in [0.05, 0.1) is 6.10 Å². The van der Waals surface area contributed by atoms with Crippen LogP contribution in [0.15, 0.2) is 0 Å². The Hall–Kier alpha value is -0.120. The van der Waals surface area contributed by atoms with Crippen molar-refractivity contribution in [3.63, 3.8) is 0 Å². The van der Waals surface area contributed by atoms with Gasteiger partial charge in [-0.25, -0.2) is 0 Å². The molecule has 18 heavy (non-hydrogen) atoms. The van der Waals surface area contributed by atoms with Gasteiger partial charge in [-0.2, -0.15) is 0 Å². The maximum absolute atomic E-state index is 6.12. The van der Waals surface area contributed by atoms with E-state index in [2.05, 4.69) is 18.7 Å². The fourth-order valence-electron chi connectivity index (χ4n) is 3.78. The van der Waals surface area contributed by atoms with Crippen LogP contribution in [-0.2, 0) is 4.74 Å². The zero-order valence-corrected chi connectivity index (χ0v) is 12.3. The van der Waals surface area contributed by atoms with Crippen molar-refractivity contribution in [2.75, 3.05) is 20.2 Å². The van der Waals surface area contributed by atoms with Crippen LogP contribution in [0.25, 0.3) is 0 Å². The Morgan fingerprint density at radius 3 is 2.50 bits per heavy atom. The van der Waals surface area contributed by atoms with Gasteiger partial charge in [-0.1, -0.05) is 19.3 Å². The lowest BCUT2D eigenvalue weighted by atomic mass is 9.75. The van der Waals surface area contributed by atoms with Crippen molar-refractivity contribution in [1.29, 1.82) is 0 Å². The number of nitrogens with two attached hydrogens (primary N) is 1. The summed E-state index contributed by atoms with van der Waals surface area (Å²) in [6.07, 6.45) is 8.29. The number of hydrogen-bond acceptors (Lipinski definition) is 3. The molecule has 3 unspecified atom stereocenters. The largest absolute Gasteiger partial charge is 0.381 e. The van der Waals surface area contributed by atoms with Gasteiger partial charge < -0.3 is 10.5 Å². The molecule has 0 radical (unpaired) electrons. The van der Waals surface area contributed by atoms with Crippen LogP contribution in [0.1, 0.15) is 52.4 Å². The number of rotatable bonds is 5. The van der Waals surface area contributed by atoms with Gasteiger partial charge in [0.1, 0.15) is 0 Å². The fraction of sp³-hybridized carbons (Fsp3) is 1.00. The summed E-state index contributed by atoms with van der Waals surface area (Å²) in [5, 5.41) is 0. The molecule has 0 spiro atoms. The standard InChI is InChI=1S/C15H30N2O/c1-12-9-14(18-3)7-8-17(12)15(2,11-16)10-13-5-4-6-13/h12-14H,4-11,16H2,1-3H3. The highest BCUT2D eigenvalue weighted by Crippen LogP contribution is 2.38. The van der Waals surface area contributed by atoms with Gasteiger partial charge in [-0.05, 0) is 39.0 Å². The molecular formula is C15H30N2O. The third kappa shape index (κ3) is 2.89. The van der Waals surface area contributed by atoms with E-state index < -0.39 is 0 Å². The molecule has 2 rings (SSSR count). The van der Waals surface area contributed by atoms with Crippen molar-refractivity contribution < 1.29 is 4.74 Å². The van der Waals surface area contributed by atoms with E-state index in [1.807, 2.05) is 7.11 Å². The van der Waals surface area contributed by atoms with Crippen molar-refractivity contribution >= 4 is 0 Å². The molecule has 2 aliphatic rings. The average molecular weight is 254 g/mol. The molecule has 0 aromatic carbocycles. The Morgan fingerprint density at radius 1 is 1.33 bits per heavy atom. The highest BCUT2D eigenvalue weighted by atomic mass is 16.5. The third-order valence-electron chi connectivity index (χ3n) is 5.25. The highest BCUT2D eigenvalue weighted by molar-refractivity contribution is 4.96. The summed E-state index contributed by atoms with van der Waals surface area (Å²) in [5.41, 5.74) is 6.32. The molecule has 2 N–H and O–H groups in total. The first kappa shape index (κ1) is 14.3. The number of ether oxygens (including phenoxy) is 1. The van der Waals surface area contributed by atoms with E-state index in [0.29, 0.717) is 12.1 Å². The lowest BCUT2D eigenvalue weighted by molar-refractivity contribution is -0.0388. The van der Waals surface area contributed by atoms with Crippen LogP contribution in [0.2, 0.25) is 0 Å². The van der Waals surface area contributed by atoms with Crippen LogP contribution in [0, 0.1) is 5.92 Å². The van der Waals surface area contributed by atoms with Crippen molar-refractivity contribution in [1.82, 2.24) is 4.90 Å². The van der Waals surface area contributed by atoms with Crippen molar-refractivity contribution in [3.8, 4) is 0 Å². The number of nitrogens with zero attached hydrogens (tertiary/aromatic N) is 1. The molecule has 3 heteroatoms. The average Bonchev–Trinajstić information content (AvgIpc) is 2.33. The lowest BCUT2D eigenvalue weighted by Gasteiger charge is -2.50. The predicted octanol–water partition coefficient (Wildman–Crippen LogP) is 2.39. The van der Waals surface area contributed by atoms with Gasteiger partial charge in [0.15, 0.2) is 0 Å². The first-order valence-corrected chi connectivity index (χ1v) is 7.58. The van der Waals surface area contributed by atoms with Gasteiger partial charge in [-0.3, -0.25) is 4.90 Å². The van der Waals surface area contributed by atoms with Crippen molar-refractivity contribution in [2.24, 2.45) is 11.7 Å². The smallest absolute Gasteiger partial charge is 0.0598 e. The predicted molar refractivity (Wildman–Crippen MR) is 75.6 cm³/mol. The molecule has 0 aromatic rings. The Kier molecular flexibility index (Phi) is 4.68. The number of methoxy groups -OCH3 is 1. The highest BCUT2D eigenvalue weighted by Gasteiger charge is 2.39. The minimum Gasteiger partial charge on any atom is -0.381 e. The molecular weight excluding hydrogens is 224 g/mol. The molecule has 3 nitrogen and oxygen atoms in total. The summed E-state index contributed by atoms with van der Waals surface area (Å²) in [5.74, 6) is 0.922. The molecule has 1 saturated carbocycles. The van der Waals surface area contributed by atoms with Gasteiger partial charge in [-0.15, -0.1) is 0 Å². The Morgan fingerprint density at radius 2 is 2.06 bits per heavy atom. The van der Waals surface area contributed by atoms with E-state index >= 15 is 0 Å². The van der Waals surface area contributed by atoms with E-state index in [4.69, 9.17) is 10.5 Å². The van der Waals surface area contributed by atoms with Crippen LogP contribution in [-0.4, -0.2) is 42.8 Å².